The van der Waals surface area contributed by atoms with Gasteiger partial charge in [-0.1, -0.05) is 65.7 Å². The first kappa shape index (κ1) is 15.3. The number of rotatable bonds is 11. The minimum absolute atomic E-state index is 0.889. The van der Waals surface area contributed by atoms with Crippen LogP contribution in [0.5, 0.6) is 0 Å². The van der Waals surface area contributed by atoms with Crippen LogP contribution in [0.2, 0.25) is 0 Å². The Morgan fingerprint density at radius 2 is 1.40 bits per heavy atom. The summed E-state index contributed by atoms with van der Waals surface area (Å²) in [5, 5.41) is 0.889. The molecule has 0 aliphatic heterocycles. The number of hydrogen-bond donors (Lipinski definition) is 0. The fraction of sp³-hybridized carbons (Fsp3) is 1.00. The predicted octanol–water partition coefficient (Wildman–Crippen LogP) is 5.66. The molecule has 0 bridgehead atoms. The number of hydrogen-bond acceptors (Lipinski definition) is 1. The highest BCUT2D eigenvalue weighted by Crippen LogP contribution is 2.18. The van der Waals surface area contributed by atoms with Crippen LogP contribution in [0.25, 0.3) is 0 Å². The Balaban J connectivity index is 3.02. The van der Waals surface area contributed by atoms with Gasteiger partial charge in [0.25, 0.3) is 0 Å². The van der Waals surface area contributed by atoms with Crippen LogP contribution in [-0.2, 0) is 0 Å². The van der Waals surface area contributed by atoms with E-state index in [2.05, 4.69) is 32.5 Å². The summed E-state index contributed by atoms with van der Waals surface area (Å²) in [6, 6.07) is 0. The summed E-state index contributed by atoms with van der Waals surface area (Å²) in [7, 11) is 0. The van der Waals surface area contributed by atoms with Crippen molar-refractivity contribution in [1.82, 2.24) is 0 Å². The third-order valence-electron chi connectivity index (χ3n) is 2.86. The highest BCUT2D eigenvalue weighted by atomic mass is 32.2. The molecule has 92 valence electrons. The Bertz CT molecular complexity index is 112. The van der Waals surface area contributed by atoms with Gasteiger partial charge in [-0.25, -0.2) is 0 Å². The molecule has 0 nitrogen and oxygen atoms in total. The summed E-state index contributed by atoms with van der Waals surface area (Å²) in [5.41, 5.74) is 0. The Kier molecular flexibility index (Phi) is 12.7. The molecule has 0 amide bonds. The average molecular weight is 230 g/mol. The van der Waals surface area contributed by atoms with Gasteiger partial charge in [-0.05, 0) is 18.6 Å². The standard InChI is InChI=1S/C14H30S/c1-4-6-8-9-10-11-13-15-14(3)12-7-5-2/h14H,4-13H2,1-3H3. The fourth-order valence-corrected chi connectivity index (χ4v) is 2.85. The van der Waals surface area contributed by atoms with Gasteiger partial charge < -0.3 is 0 Å². The van der Waals surface area contributed by atoms with Gasteiger partial charge in [0, 0.05) is 5.25 Å². The first-order valence-electron chi connectivity index (χ1n) is 6.92. The monoisotopic (exact) mass is 230 g/mol. The summed E-state index contributed by atoms with van der Waals surface area (Å²) >= 11 is 2.18. The van der Waals surface area contributed by atoms with Crippen LogP contribution < -0.4 is 0 Å². The van der Waals surface area contributed by atoms with Gasteiger partial charge in [-0.15, -0.1) is 0 Å². The molecular formula is C14H30S. The van der Waals surface area contributed by atoms with Crippen molar-refractivity contribution >= 4 is 11.8 Å². The molecule has 0 rings (SSSR count). The molecule has 0 aliphatic rings. The zero-order valence-corrected chi connectivity index (χ0v) is 11.9. The van der Waals surface area contributed by atoms with Gasteiger partial charge in [0.2, 0.25) is 0 Å². The second-order valence-corrected chi connectivity index (χ2v) is 6.14. The summed E-state index contributed by atoms with van der Waals surface area (Å²) in [5.74, 6) is 1.39. The molecule has 0 saturated carbocycles. The number of unbranched alkanes of at least 4 members (excludes halogenated alkanes) is 6. The lowest BCUT2D eigenvalue weighted by Gasteiger charge is -2.09. The second kappa shape index (κ2) is 12.4. The molecule has 0 aromatic heterocycles. The van der Waals surface area contributed by atoms with Crippen molar-refractivity contribution in [2.75, 3.05) is 5.75 Å². The van der Waals surface area contributed by atoms with Crippen molar-refractivity contribution in [3.63, 3.8) is 0 Å². The Hall–Kier alpha value is 0.350. The van der Waals surface area contributed by atoms with E-state index in [0.29, 0.717) is 0 Å². The zero-order chi connectivity index (χ0) is 11.4. The molecule has 0 saturated heterocycles. The van der Waals surface area contributed by atoms with Gasteiger partial charge in [-0.2, -0.15) is 11.8 Å². The Labute approximate surface area is 102 Å². The van der Waals surface area contributed by atoms with Gasteiger partial charge >= 0.3 is 0 Å². The first-order valence-corrected chi connectivity index (χ1v) is 7.97. The predicted molar refractivity (Wildman–Crippen MR) is 74.8 cm³/mol. The van der Waals surface area contributed by atoms with Crippen molar-refractivity contribution in [2.24, 2.45) is 0 Å². The lowest BCUT2D eigenvalue weighted by Crippen LogP contribution is -1.97. The van der Waals surface area contributed by atoms with E-state index in [9.17, 15) is 0 Å². The van der Waals surface area contributed by atoms with E-state index in [1.807, 2.05) is 0 Å². The largest absolute Gasteiger partial charge is 0.159 e. The van der Waals surface area contributed by atoms with E-state index in [-0.39, 0.29) is 0 Å². The maximum absolute atomic E-state index is 2.39. The molecule has 1 heteroatoms. The van der Waals surface area contributed by atoms with Gasteiger partial charge in [0.1, 0.15) is 0 Å². The lowest BCUT2D eigenvalue weighted by atomic mass is 10.1. The van der Waals surface area contributed by atoms with E-state index in [1.165, 1.54) is 63.5 Å². The zero-order valence-electron chi connectivity index (χ0n) is 11.1. The molecule has 0 spiro atoms. The third kappa shape index (κ3) is 12.3. The van der Waals surface area contributed by atoms with Crippen molar-refractivity contribution in [3.05, 3.63) is 0 Å². The summed E-state index contributed by atoms with van der Waals surface area (Å²) in [4.78, 5) is 0. The molecule has 0 heterocycles. The smallest absolute Gasteiger partial charge is 0.00187 e. The first-order chi connectivity index (χ1) is 7.31. The molecule has 0 aromatic carbocycles. The van der Waals surface area contributed by atoms with Gasteiger partial charge in [0.05, 0.1) is 0 Å². The summed E-state index contributed by atoms with van der Waals surface area (Å²) < 4.78 is 0. The Morgan fingerprint density at radius 1 is 0.800 bits per heavy atom. The minimum atomic E-state index is 0.889. The third-order valence-corrected chi connectivity index (χ3v) is 4.19. The maximum Gasteiger partial charge on any atom is 0.00187 e. The van der Waals surface area contributed by atoms with Crippen LogP contribution in [0, 0.1) is 0 Å². The van der Waals surface area contributed by atoms with Crippen LogP contribution in [0.4, 0.5) is 0 Å². The molecule has 0 radical (unpaired) electrons. The second-order valence-electron chi connectivity index (χ2n) is 4.59. The highest BCUT2D eigenvalue weighted by molar-refractivity contribution is 7.99. The summed E-state index contributed by atoms with van der Waals surface area (Å²) in [6.45, 7) is 6.95. The van der Waals surface area contributed by atoms with Crippen molar-refractivity contribution in [3.8, 4) is 0 Å². The van der Waals surface area contributed by atoms with Crippen LogP contribution in [-0.4, -0.2) is 11.0 Å². The molecular weight excluding hydrogens is 200 g/mol. The molecule has 0 N–H and O–H groups in total. The SMILES string of the molecule is CCCCCCCCSC(C)CCCC. The normalized spacial score (nSPS) is 13.0. The average Bonchev–Trinajstić information content (AvgIpc) is 2.25. The van der Waals surface area contributed by atoms with Crippen molar-refractivity contribution in [2.45, 2.75) is 83.8 Å². The van der Waals surface area contributed by atoms with E-state index in [1.54, 1.807) is 0 Å². The Morgan fingerprint density at radius 3 is 2.07 bits per heavy atom. The number of thioether (sulfide) groups is 1. The van der Waals surface area contributed by atoms with E-state index < -0.39 is 0 Å². The van der Waals surface area contributed by atoms with E-state index in [4.69, 9.17) is 0 Å². The van der Waals surface area contributed by atoms with Crippen molar-refractivity contribution < 1.29 is 0 Å². The molecule has 1 atom stereocenters. The van der Waals surface area contributed by atoms with E-state index >= 15 is 0 Å². The van der Waals surface area contributed by atoms with Crippen LogP contribution in [0.1, 0.15) is 78.6 Å². The molecule has 15 heavy (non-hydrogen) atoms. The van der Waals surface area contributed by atoms with Gasteiger partial charge in [0.15, 0.2) is 0 Å². The molecule has 0 aromatic rings. The lowest BCUT2D eigenvalue weighted by molar-refractivity contribution is 0.626. The maximum atomic E-state index is 2.39. The highest BCUT2D eigenvalue weighted by Gasteiger charge is 2.00. The van der Waals surface area contributed by atoms with Crippen molar-refractivity contribution in [1.29, 1.82) is 0 Å². The minimum Gasteiger partial charge on any atom is -0.159 e. The quantitative estimate of drug-likeness (QED) is 0.413. The van der Waals surface area contributed by atoms with Crippen LogP contribution >= 0.6 is 11.8 Å². The molecule has 0 fully saturated rings. The fourth-order valence-electron chi connectivity index (χ4n) is 1.74. The van der Waals surface area contributed by atoms with E-state index in [0.717, 1.165) is 5.25 Å². The van der Waals surface area contributed by atoms with Crippen LogP contribution in [0.3, 0.4) is 0 Å². The summed E-state index contributed by atoms with van der Waals surface area (Å²) in [6.07, 6.45) is 12.8. The van der Waals surface area contributed by atoms with Crippen LogP contribution in [0.15, 0.2) is 0 Å². The molecule has 1 unspecified atom stereocenters. The molecule has 0 aliphatic carbocycles. The van der Waals surface area contributed by atoms with Gasteiger partial charge in [-0.3, -0.25) is 0 Å². The topological polar surface area (TPSA) is 0 Å².